The maximum Gasteiger partial charge on any atom is 0.331 e. The molecule has 2 aromatic rings. The summed E-state index contributed by atoms with van der Waals surface area (Å²) < 4.78 is 16.0. The van der Waals surface area contributed by atoms with Gasteiger partial charge in [0.25, 0.3) is 0 Å². The molecule has 1 N–H and O–H groups in total. The number of nitrogens with one attached hydrogen (secondary N) is 1. The average Bonchev–Trinajstić information content (AvgIpc) is 2.76. The largest absolute Gasteiger partial charge is 0.486 e. The summed E-state index contributed by atoms with van der Waals surface area (Å²) in [5.74, 6) is 0.0898. The lowest BCUT2D eigenvalue weighted by Gasteiger charge is -2.18. The number of carbonyl (C=O) groups is 3. The minimum absolute atomic E-state index is 0.104. The number of benzene rings is 2. The van der Waals surface area contributed by atoms with Crippen molar-refractivity contribution in [1.82, 2.24) is 0 Å². The number of anilines is 1. The minimum atomic E-state index is -0.626. The summed E-state index contributed by atoms with van der Waals surface area (Å²) in [6.45, 7) is 4.21. The third kappa shape index (κ3) is 5.70. The Morgan fingerprint density at radius 3 is 2.43 bits per heavy atom. The molecule has 0 aromatic heterocycles. The molecule has 0 fully saturated rings. The number of fused-ring (bicyclic) bond motifs is 1. The van der Waals surface area contributed by atoms with Crippen LogP contribution in [0.5, 0.6) is 11.5 Å². The topological polar surface area (TPSA) is 90.9 Å². The van der Waals surface area contributed by atoms with E-state index in [-0.39, 0.29) is 24.2 Å². The van der Waals surface area contributed by atoms with Gasteiger partial charge < -0.3 is 19.5 Å². The number of hydrogen-bond donors (Lipinski definition) is 1. The van der Waals surface area contributed by atoms with E-state index in [2.05, 4.69) is 5.32 Å². The van der Waals surface area contributed by atoms with Gasteiger partial charge in [-0.25, -0.2) is 4.79 Å². The summed E-state index contributed by atoms with van der Waals surface area (Å²) >= 11 is 0. The number of amides is 1. The van der Waals surface area contributed by atoms with E-state index >= 15 is 0 Å². The van der Waals surface area contributed by atoms with Gasteiger partial charge in [0.15, 0.2) is 23.9 Å². The van der Waals surface area contributed by atoms with Crippen molar-refractivity contribution < 1.29 is 28.6 Å². The van der Waals surface area contributed by atoms with Gasteiger partial charge in [-0.1, -0.05) is 19.9 Å². The normalized spacial score (nSPS) is 12.6. The van der Waals surface area contributed by atoms with Crippen LogP contribution in [0.2, 0.25) is 0 Å². The fourth-order valence-corrected chi connectivity index (χ4v) is 2.62. The first-order valence-electron chi connectivity index (χ1n) is 9.61. The third-order valence-corrected chi connectivity index (χ3v) is 4.32. The average molecular weight is 409 g/mol. The van der Waals surface area contributed by atoms with Crippen molar-refractivity contribution in [3.63, 3.8) is 0 Å². The van der Waals surface area contributed by atoms with Crippen LogP contribution in [0.4, 0.5) is 5.69 Å². The van der Waals surface area contributed by atoms with E-state index in [0.717, 1.165) is 5.56 Å². The van der Waals surface area contributed by atoms with Gasteiger partial charge in [0.05, 0.1) is 0 Å². The standard InChI is InChI=1S/C23H23NO6/c1-15(2)23(27)24-18-7-5-17(6-8-18)19(25)14-30-22(26)10-4-16-3-9-20-21(13-16)29-12-11-28-20/h3-10,13,15H,11-12,14H2,1-2H3,(H,24,27)/b10-4+. The Morgan fingerprint density at radius 2 is 1.73 bits per heavy atom. The lowest BCUT2D eigenvalue weighted by atomic mass is 10.1. The number of ketones is 1. The zero-order valence-electron chi connectivity index (χ0n) is 16.8. The van der Waals surface area contributed by atoms with Gasteiger partial charge in [-0.2, -0.15) is 0 Å². The molecule has 1 aliphatic rings. The van der Waals surface area contributed by atoms with Crippen LogP contribution >= 0.6 is 0 Å². The Hall–Kier alpha value is -3.61. The fraction of sp³-hybridized carbons (Fsp3) is 0.261. The maximum atomic E-state index is 12.2. The molecule has 0 saturated carbocycles. The first-order chi connectivity index (χ1) is 14.4. The molecular weight excluding hydrogens is 386 g/mol. The third-order valence-electron chi connectivity index (χ3n) is 4.32. The van der Waals surface area contributed by atoms with Crippen molar-refractivity contribution in [3.05, 3.63) is 59.7 Å². The Bertz CT molecular complexity index is 962. The van der Waals surface area contributed by atoms with E-state index in [1.54, 1.807) is 62.4 Å². The van der Waals surface area contributed by atoms with Crippen LogP contribution in [0.25, 0.3) is 6.08 Å². The predicted octanol–water partition coefficient (Wildman–Crippen LogP) is 3.49. The van der Waals surface area contributed by atoms with Crippen molar-refractivity contribution in [1.29, 1.82) is 0 Å². The molecule has 0 unspecified atom stereocenters. The molecule has 3 rings (SSSR count). The van der Waals surface area contributed by atoms with Crippen LogP contribution in [0.15, 0.2) is 48.5 Å². The second-order valence-electron chi connectivity index (χ2n) is 6.99. The summed E-state index contributed by atoms with van der Waals surface area (Å²) in [6.07, 6.45) is 2.83. The molecule has 0 atom stereocenters. The first-order valence-corrected chi connectivity index (χ1v) is 9.61. The van der Waals surface area contributed by atoms with Gasteiger partial charge in [0, 0.05) is 23.2 Å². The molecule has 7 heteroatoms. The fourth-order valence-electron chi connectivity index (χ4n) is 2.62. The summed E-state index contributed by atoms with van der Waals surface area (Å²) in [7, 11) is 0. The van der Waals surface area contributed by atoms with Crippen LogP contribution in [0.3, 0.4) is 0 Å². The second kappa shape index (κ2) is 9.73. The molecule has 0 aliphatic carbocycles. The molecule has 0 saturated heterocycles. The monoisotopic (exact) mass is 409 g/mol. The highest BCUT2D eigenvalue weighted by molar-refractivity contribution is 5.99. The summed E-state index contributed by atoms with van der Waals surface area (Å²) in [4.78, 5) is 35.8. The van der Waals surface area contributed by atoms with E-state index in [0.29, 0.717) is 36.0 Å². The minimum Gasteiger partial charge on any atom is -0.486 e. The molecule has 0 bridgehead atoms. The van der Waals surface area contributed by atoms with Gasteiger partial charge >= 0.3 is 5.97 Å². The van der Waals surface area contributed by atoms with Crippen LogP contribution in [-0.2, 0) is 14.3 Å². The van der Waals surface area contributed by atoms with Crippen LogP contribution in [0, 0.1) is 5.92 Å². The van der Waals surface area contributed by atoms with Gasteiger partial charge in [0.2, 0.25) is 5.91 Å². The molecule has 1 heterocycles. The molecule has 156 valence electrons. The van der Waals surface area contributed by atoms with Gasteiger partial charge in [-0.3, -0.25) is 9.59 Å². The Balaban J connectivity index is 1.50. The van der Waals surface area contributed by atoms with Gasteiger partial charge in [-0.15, -0.1) is 0 Å². The summed E-state index contributed by atoms with van der Waals surface area (Å²) in [5.41, 5.74) is 1.74. The molecular formula is C23H23NO6. The number of esters is 1. The predicted molar refractivity (Wildman–Crippen MR) is 112 cm³/mol. The first kappa shape index (κ1) is 21.1. The lowest BCUT2D eigenvalue weighted by Crippen LogP contribution is -2.18. The van der Waals surface area contributed by atoms with Crippen molar-refractivity contribution in [2.45, 2.75) is 13.8 Å². The van der Waals surface area contributed by atoms with Crippen molar-refractivity contribution >= 4 is 29.4 Å². The lowest BCUT2D eigenvalue weighted by molar-refractivity contribution is -0.136. The number of rotatable bonds is 7. The molecule has 0 radical (unpaired) electrons. The van der Waals surface area contributed by atoms with E-state index in [4.69, 9.17) is 14.2 Å². The Labute approximate surface area is 174 Å². The van der Waals surface area contributed by atoms with Crippen LogP contribution in [0.1, 0.15) is 29.8 Å². The SMILES string of the molecule is CC(C)C(=O)Nc1ccc(C(=O)COC(=O)/C=C/c2ccc3c(c2)OCCO3)cc1. The number of Topliss-reactive ketones (excluding diaryl/α,β-unsaturated/α-hetero) is 1. The van der Waals surface area contributed by atoms with Crippen LogP contribution in [-0.4, -0.2) is 37.5 Å². The van der Waals surface area contributed by atoms with E-state index in [1.807, 2.05) is 0 Å². The highest BCUT2D eigenvalue weighted by Gasteiger charge is 2.12. The molecule has 1 aliphatic heterocycles. The molecule has 2 aromatic carbocycles. The molecule has 30 heavy (non-hydrogen) atoms. The maximum absolute atomic E-state index is 12.2. The summed E-state index contributed by atoms with van der Waals surface area (Å²) in [6, 6.07) is 11.8. The molecule has 1 amide bonds. The molecule has 7 nitrogen and oxygen atoms in total. The van der Waals surface area contributed by atoms with Crippen molar-refractivity contribution in [2.24, 2.45) is 5.92 Å². The van der Waals surface area contributed by atoms with Gasteiger partial charge in [0.1, 0.15) is 13.2 Å². The van der Waals surface area contributed by atoms with Crippen molar-refractivity contribution in [3.8, 4) is 11.5 Å². The quantitative estimate of drug-likeness (QED) is 0.428. The van der Waals surface area contributed by atoms with E-state index in [9.17, 15) is 14.4 Å². The van der Waals surface area contributed by atoms with Gasteiger partial charge in [-0.05, 0) is 48.0 Å². The van der Waals surface area contributed by atoms with E-state index in [1.165, 1.54) is 6.08 Å². The van der Waals surface area contributed by atoms with Crippen LogP contribution < -0.4 is 14.8 Å². The molecule has 0 spiro atoms. The Morgan fingerprint density at radius 1 is 1.03 bits per heavy atom. The van der Waals surface area contributed by atoms with Crippen molar-refractivity contribution in [2.75, 3.05) is 25.1 Å². The number of ether oxygens (including phenoxy) is 3. The second-order valence-corrected chi connectivity index (χ2v) is 6.99. The van der Waals surface area contributed by atoms with E-state index < -0.39 is 5.97 Å². The number of hydrogen-bond acceptors (Lipinski definition) is 6. The summed E-state index contributed by atoms with van der Waals surface area (Å²) in [5, 5.41) is 2.75. The zero-order chi connectivity index (χ0) is 21.5. The number of carbonyl (C=O) groups excluding carboxylic acids is 3. The smallest absolute Gasteiger partial charge is 0.331 e. The Kier molecular flexibility index (Phi) is 6.85. The highest BCUT2D eigenvalue weighted by Crippen LogP contribution is 2.31. The zero-order valence-corrected chi connectivity index (χ0v) is 16.8. The highest BCUT2D eigenvalue weighted by atomic mass is 16.6.